The second-order valence-corrected chi connectivity index (χ2v) is 10.4. The van der Waals surface area contributed by atoms with E-state index in [4.69, 9.17) is 0 Å². The molecule has 0 fully saturated rings. The van der Waals surface area contributed by atoms with Gasteiger partial charge in [-0.25, -0.2) is 9.97 Å². The van der Waals surface area contributed by atoms with E-state index in [1.54, 1.807) is 6.08 Å². The van der Waals surface area contributed by atoms with Crippen LogP contribution in [0.15, 0.2) is 91.0 Å². The minimum Gasteiger partial charge on any atom is -0.355 e. The normalized spacial score (nSPS) is 16.0. The number of allylic oxidation sites excluding steroid dienone is 1. The van der Waals surface area contributed by atoms with Gasteiger partial charge in [-0.2, -0.15) is 17.6 Å². The fraction of sp³-hybridized carbons (Fsp3) is 0.0588. The van der Waals surface area contributed by atoms with Crippen LogP contribution in [0.4, 0.5) is 17.6 Å². The molecular formula is C34H20F4N4. The van der Waals surface area contributed by atoms with Crippen molar-refractivity contribution in [1.82, 2.24) is 19.9 Å². The molecule has 8 bridgehead atoms. The van der Waals surface area contributed by atoms with Crippen LogP contribution < -0.4 is 0 Å². The number of alkyl halides is 4. The van der Waals surface area contributed by atoms with E-state index in [2.05, 4.69) is 19.9 Å². The molecule has 0 saturated heterocycles. The minimum atomic E-state index is -4.50. The molecular weight excluding hydrogens is 540 g/mol. The Hall–Kier alpha value is -5.24. The van der Waals surface area contributed by atoms with Crippen molar-refractivity contribution in [3.8, 4) is 22.3 Å². The summed E-state index contributed by atoms with van der Waals surface area (Å²) in [7, 11) is 0. The summed E-state index contributed by atoms with van der Waals surface area (Å²) in [6, 6.07) is 28.0. The van der Waals surface area contributed by atoms with E-state index >= 15 is 17.6 Å². The third-order valence-electron chi connectivity index (χ3n) is 7.85. The summed E-state index contributed by atoms with van der Waals surface area (Å²) in [6.07, 6.45) is 4.04. The van der Waals surface area contributed by atoms with Crippen molar-refractivity contribution < 1.29 is 17.6 Å². The topological polar surface area (TPSA) is 57.4 Å². The molecule has 4 nitrogen and oxygen atoms in total. The van der Waals surface area contributed by atoms with Gasteiger partial charge in [0.1, 0.15) is 0 Å². The first kappa shape index (κ1) is 24.5. The van der Waals surface area contributed by atoms with E-state index in [9.17, 15) is 0 Å². The number of benzene rings is 2. The Morgan fingerprint density at radius 1 is 0.548 bits per heavy atom. The van der Waals surface area contributed by atoms with Crippen LogP contribution >= 0.6 is 0 Å². The van der Waals surface area contributed by atoms with Gasteiger partial charge in [0.05, 0.1) is 33.9 Å². The molecule has 3 aromatic heterocycles. The zero-order valence-electron chi connectivity index (χ0n) is 21.8. The lowest BCUT2D eigenvalue weighted by atomic mass is 10.0. The van der Waals surface area contributed by atoms with E-state index in [1.165, 1.54) is 6.08 Å². The first-order chi connectivity index (χ1) is 20.3. The largest absolute Gasteiger partial charge is 0.355 e. The molecule has 0 saturated carbocycles. The first-order valence-electron chi connectivity index (χ1n) is 13.4. The maximum absolute atomic E-state index is 15.6. The summed E-state index contributed by atoms with van der Waals surface area (Å²) < 4.78 is 62.2. The van der Waals surface area contributed by atoms with Crippen molar-refractivity contribution in [3.05, 3.63) is 119 Å². The molecule has 0 spiro atoms. The smallest absolute Gasteiger partial charge is 0.343 e. The molecule has 1 aliphatic carbocycles. The number of hydrogen-bond acceptors (Lipinski definition) is 2. The highest BCUT2D eigenvalue weighted by molar-refractivity contribution is 5.99. The number of H-pyrrole nitrogens is 2. The molecule has 0 amide bonds. The van der Waals surface area contributed by atoms with Gasteiger partial charge in [0, 0.05) is 33.2 Å². The van der Waals surface area contributed by atoms with E-state index < -0.39 is 28.7 Å². The SMILES string of the molecule is FC1(F)C2=Cc3nc2c(c2nc(c(-c4ccccc4)c4ccc(cc5ccc([nH]5)c3-c3ccccc3)[nH]4)C=C2)C1(F)F. The standard InChI is InChI=1S/C34H20F4N4/c35-33(36)23-18-28-30(20-9-5-2-6-10-20)25-14-12-22(40-25)17-21-11-13-24(39-21)29(19-7-3-1-4-8-19)26-15-16-27(41-26)31(32(23)42-28)34(33,37)38/h1-18,39-40H. The van der Waals surface area contributed by atoms with Crippen molar-refractivity contribution in [2.45, 2.75) is 11.8 Å². The number of aromatic nitrogens is 4. The lowest BCUT2D eigenvalue weighted by molar-refractivity contribution is -0.172. The fourth-order valence-electron chi connectivity index (χ4n) is 5.92. The van der Waals surface area contributed by atoms with Crippen LogP contribution in [0.3, 0.4) is 0 Å². The second-order valence-electron chi connectivity index (χ2n) is 10.4. The van der Waals surface area contributed by atoms with Crippen LogP contribution in [0.1, 0.15) is 28.3 Å². The van der Waals surface area contributed by atoms with Crippen LogP contribution in [-0.4, -0.2) is 25.9 Å². The number of nitrogens with zero attached hydrogens (tertiary/aromatic N) is 2. The summed E-state index contributed by atoms with van der Waals surface area (Å²) in [6.45, 7) is 0. The molecule has 2 N–H and O–H groups in total. The van der Waals surface area contributed by atoms with Crippen molar-refractivity contribution in [1.29, 1.82) is 0 Å². The highest BCUT2D eigenvalue weighted by Gasteiger charge is 2.68. The molecule has 0 unspecified atom stereocenters. The molecule has 2 aromatic carbocycles. The molecule has 8 heteroatoms. The summed E-state index contributed by atoms with van der Waals surface area (Å²) in [5.74, 6) is -8.97. The lowest BCUT2D eigenvalue weighted by Gasteiger charge is -2.20. The predicted molar refractivity (Wildman–Crippen MR) is 158 cm³/mol. The third-order valence-corrected chi connectivity index (χ3v) is 7.85. The second kappa shape index (κ2) is 8.63. The van der Waals surface area contributed by atoms with Crippen molar-refractivity contribution in [3.63, 3.8) is 0 Å². The van der Waals surface area contributed by atoms with Crippen LogP contribution in [-0.2, 0) is 5.92 Å². The van der Waals surface area contributed by atoms with Gasteiger partial charge in [-0.3, -0.25) is 0 Å². The van der Waals surface area contributed by atoms with E-state index in [1.807, 2.05) is 91.0 Å². The Balaban J connectivity index is 1.57. The summed E-state index contributed by atoms with van der Waals surface area (Å²) >= 11 is 0. The van der Waals surface area contributed by atoms with Gasteiger partial charge in [-0.1, -0.05) is 60.7 Å². The van der Waals surface area contributed by atoms with Gasteiger partial charge >= 0.3 is 11.8 Å². The predicted octanol–water partition coefficient (Wildman–Crippen LogP) is 9.10. The molecule has 8 rings (SSSR count). The summed E-state index contributed by atoms with van der Waals surface area (Å²) in [5.41, 5.74) is 3.77. The molecule has 3 aliphatic rings. The number of nitrogens with one attached hydrogen (secondary N) is 2. The maximum atomic E-state index is 15.6. The van der Waals surface area contributed by atoms with Gasteiger partial charge in [0.2, 0.25) is 0 Å². The Bertz CT molecular complexity index is 2140. The first-order valence-corrected chi connectivity index (χ1v) is 13.4. The van der Waals surface area contributed by atoms with E-state index in [0.717, 1.165) is 22.7 Å². The lowest BCUT2D eigenvalue weighted by Crippen LogP contribution is -2.33. The average Bonchev–Trinajstić information content (AvgIpc) is 3.81. The Kier molecular flexibility index (Phi) is 5.04. The summed E-state index contributed by atoms with van der Waals surface area (Å²) in [5, 5.41) is 0. The minimum absolute atomic E-state index is 0.171. The molecule has 0 radical (unpaired) electrons. The Morgan fingerprint density at radius 3 is 1.69 bits per heavy atom. The van der Waals surface area contributed by atoms with Gasteiger partial charge in [-0.05, 0) is 59.7 Å². The number of hydrogen-bond donors (Lipinski definition) is 2. The number of halogens is 4. The number of aromatic amines is 2. The highest BCUT2D eigenvalue weighted by Crippen LogP contribution is 2.60. The van der Waals surface area contributed by atoms with Crippen LogP contribution in [0.25, 0.3) is 68.1 Å². The van der Waals surface area contributed by atoms with Crippen LogP contribution in [0.5, 0.6) is 0 Å². The molecule has 0 atom stereocenters. The zero-order chi connectivity index (χ0) is 28.6. The highest BCUT2D eigenvalue weighted by atomic mass is 19.3. The Morgan fingerprint density at radius 2 is 1.10 bits per heavy atom. The van der Waals surface area contributed by atoms with Crippen molar-refractivity contribution in [2.75, 3.05) is 0 Å². The van der Waals surface area contributed by atoms with Crippen molar-refractivity contribution >= 4 is 45.9 Å². The Labute approximate surface area is 236 Å². The van der Waals surface area contributed by atoms with Crippen LogP contribution in [0.2, 0.25) is 0 Å². The zero-order valence-corrected chi connectivity index (χ0v) is 21.8. The van der Waals surface area contributed by atoms with E-state index in [0.29, 0.717) is 33.4 Å². The fourth-order valence-corrected chi connectivity index (χ4v) is 5.92. The molecule has 204 valence electrons. The summed E-state index contributed by atoms with van der Waals surface area (Å²) in [4.78, 5) is 15.8. The maximum Gasteiger partial charge on any atom is 0.343 e. The van der Waals surface area contributed by atoms with Crippen LogP contribution in [0, 0.1) is 0 Å². The number of fused-ring (bicyclic) bond motifs is 8. The van der Waals surface area contributed by atoms with E-state index in [-0.39, 0.29) is 11.4 Å². The molecule has 2 aliphatic heterocycles. The van der Waals surface area contributed by atoms with Gasteiger partial charge < -0.3 is 9.97 Å². The van der Waals surface area contributed by atoms with Crippen molar-refractivity contribution in [2.24, 2.45) is 0 Å². The van der Waals surface area contributed by atoms with Gasteiger partial charge in [0.15, 0.2) is 0 Å². The number of rotatable bonds is 2. The molecule has 5 heterocycles. The average molecular weight is 561 g/mol. The van der Waals surface area contributed by atoms with Gasteiger partial charge in [-0.15, -0.1) is 0 Å². The van der Waals surface area contributed by atoms with Gasteiger partial charge in [0.25, 0.3) is 0 Å². The quantitative estimate of drug-likeness (QED) is 0.208. The molecule has 5 aromatic rings. The molecule has 42 heavy (non-hydrogen) atoms. The third kappa shape index (κ3) is 3.48. The monoisotopic (exact) mass is 560 g/mol.